The minimum atomic E-state index is -6.62. The van der Waals surface area contributed by atoms with Gasteiger partial charge in [0.2, 0.25) is 0 Å². The molecule has 0 aliphatic carbocycles. The first kappa shape index (κ1) is 23.4. The Kier molecular flexibility index (Phi) is 10.4. The van der Waals surface area contributed by atoms with E-state index in [0.29, 0.717) is 12.8 Å². The predicted octanol–water partition coefficient (Wildman–Crippen LogP) is 0.852. The molecular weight excluding hydrogens is 314 g/mol. The molecule has 0 amide bonds. The van der Waals surface area contributed by atoms with E-state index < -0.39 is 33.9 Å². The average Bonchev–Trinajstić information content (AvgIpc) is 2.31. The Morgan fingerprint density at radius 3 is 1.86 bits per heavy atom. The first-order valence-electron chi connectivity index (χ1n) is 6.33. The standard InChI is InChI=1S/C11H19F5O3S.Li/c1-2-3-4-5-6-7-8-9(12)10(13,14)11(15,16)20(17,18)19;/h9H,2-8H2,1H3,(H,17,18,19);/q;+1/p-1. The number of rotatable bonds is 10. The third-order valence-corrected chi connectivity index (χ3v) is 3.81. The molecule has 0 aromatic carbocycles. The molecule has 0 aliphatic heterocycles. The molecule has 0 saturated carbocycles. The van der Waals surface area contributed by atoms with Gasteiger partial charge >= 0.3 is 30.0 Å². The van der Waals surface area contributed by atoms with Gasteiger partial charge in [-0.15, -0.1) is 0 Å². The Bertz CT molecular complexity index is 389. The van der Waals surface area contributed by atoms with Crippen LogP contribution in [0.25, 0.3) is 0 Å². The number of hydrogen-bond acceptors (Lipinski definition) is 3. The molecule has 1 atom stereocenters. The number of alkyl halides is 5. The minimum Gasteiger partial charge on any atom is -0.743 e. The van der Waals surface area contributed by atoms with Crippen molar-refractivity contribution < 1.29 is 53.8 Å². The van der Waals surface area contributed by atoms with Gasteiger partial charge in [0.15, 0.2) is 16.3 Å². The second-order valence-electron chi connectivity index (χ2n) is 4.62. The molecule has 0 bridgehead atoms. The van der Waals surface area contributed by atoms with Gasteiger partial charge in [-0.1, -0.05) is 45.4 Å². The van der Waals surface area contributed by atoms with Crippen molar-refractivity contribution in [2.75, 3.05) is 0 Å². The van der Waals surface area contributed by atoms with Gasteiger partial charge in [-0.2, -0.15) is 17.6 Å². The third kappa shape index (κ3) is 6.43. The average molecular weight is 332 g/mol. The van der Waals surface area contributed by atoms with E-state index in [1.54, 1.807) is 0 Å². The molecule has 0 aromatic rings. The Balaban J connectivity index is 0. The van der Waals surface area contributed by atoms with E-state index in [-0.39, 0.29) is 25.3 Å². The topological polar surface area (TPSA) is 57.2 Å². The van der Waals surface area contributed by atoms with Crippen LogP contribution in [0.15, 0.2) is 0 Å². The molecule has 0 heterocycles. The first-order chi connectivity index (χ1) is 8.98. The monoisotopic (exact) mass is 332 g/mol. The van der Waals surface area contributed by atoms with Crippen LogP contribution >= 0.6 is 0 Å². The van der Waals surface area contributed by atoms with Crippen molar-refractivity contribution in [2.45, 2.75) is 69.2 Å². The summed E-state index contributed by atoms with van der Waals surface area (Å²) in [6, 6.07) is 0. The normalized spacial score (nSPS) is 14.6. The summed E-state index contributed by atoms with van der Waals surface area (Å²) in [6.07, 6.45) is -0.602. The van der Waals surface area contributed by atoms with Crippen LogP contribution in [0.2, 0.25) is 0 Å². The predicted molar refractivity (Wildman–Crippen MR) is 62.5 cm³/mol. The summed E-state index contributed by atoms with van der Waals surface area (Å²) >= 11 is 0. The Morgan fingerprint density at radius 2 is 1.43 bits per heavy atom. The Labute approximate surface area is 133 Å². The fraction of sp³-hybridized carbons (Fsp3) is 1.00. The van der Waals surface area contributed by atoms with Gasteiger partial charge in [-0.3, -0.25) is 0 Å². The van der Waals surface area contributed by atoms with Gasteiger partial charge in [0.25, 0.3) is 0 Å². The molecule has 0 spiro atoms. The zero-order valence-electron chi connectivity index (χ0n) is 12.0. The van der Waals surface area contributed by atoms with Crippen LogP contribution in [0, 0.1) is 0 Å². The molecule has 0 rings (SSSR count). The molecule has 10 heteroatoms. The summed E-state index contributed by atoms with van der Waals surface area (Å²) in [7, 11) is -6.62. The SMILES string of the molecule is CCCCCCCCC(F)C(F)(F)C(F)(F)S(=O)(=O)[O-].[Li+]. The van der Waals surface area contributed by atoms with E-state index in [0.717, 1.165) is 19.3 Å². The van der Waals surface area contributed by atoms with Crippen molar-refractivity contribution in [3.8, 4) is 0 Å². The summed E-state index contributed by atoms with van der Waals surface area (Å²) in [4.78, 5) is 0. The fourth-order valence-corrected chi connectivity index (χ4v) is 2.10. The van der Waals surface area contributed by atoms with Crippen molar-refractivity contribution in [1.82, 2.24) is 0 Å². The third-order valence-electron chi connectivity index (χ3n) is 2.91. The number of halogens is 5. The van der Waals surface area contributed by atoms with Crippen LogP contribution in [-0.2, 0) is 10.1 Å². The van der Waals surface area contributed by atoms with Crippen molar-refractivity contribution in [3.05, 3.63) is 0 Å². The van der Waals surface area contributed by atoms with E-state index in [2.05, 4.69) is 0 Å². The Morgan fingerprint density at radius 1 is 1.00 bits per heavy atom. The van der Waals surface area contributed by atoms with Crippen LogP contribution < -0.4 is 18.9 Å². The van der Waals surface area contributed by atoms with Gasteiger partial charge < -0.3 is 4.55 Å². The minimum absolute atomic E-state index is 0. The molecule has 0 fully saturated rings. The van der Waals surface area contributed by atoms with Crippen LogP contribution in [0.1, 0.15) is 51.9 Å². The van der Waals surface area contributed by atoms with Gasteiger partial charge in [0.1, 0.15) is 0 Å². The van der Waals surface area contributed by atoms with Gasteiger partial charge in [0.05, 0.1) is 0 Å². The molecule has 1 unspecified atom stereocenters. The van der Waals surface area contributed by atoms with Crippen molar-refractivity contribution in [2.24, 2.45) is 0 Å². The molecule has 0 aromatic heterocycles. The van der Waals surface area contributed by atoms with Crippen LogP contribution in [-0.4, -0.2) is 30.3 Å². The number of unbranched alkanes of at least 4 members (excludes halogenated alkanes) is 5. The zero-order chi connectivity index (χ0) is 16.0. The summed E-state index contributed by atoms with van der Waals surface area (Å²) < 4.78 is 95.0. The van der Waals surface area contributed by atoms with Crippen LogP contribution in [0.3, 0.4) is 0 Å². The van der Waals surface area contributed by atoms with E-state index in [1.165, 1.54) is 0 Å². The maximum absolute atomic E-state index is 13.1. The fourth-order valence-electron chi connectivity index (χ4n) is 1.63. The van der Waals surface area contributed by atoms with E-state index in [1.807, 2.05) is 6.92 Å². The first-order valence-corrected chi connectivity index (χ1v) is 7.74. The van der Waals surface area contributed by atoms with Crippen molar-refractivity contribution in [3.63, 3.8) is 0 Å². The maximum atomic E-state index is 13.1. The second-order valence-corrected chi connectivity index (χ2v) is 6.04. The molecule has 122 valence electrons. The van der Waals surface area contributed by atoms with Gasteiger partial charge in [0, 0.05) is 0 Å². The molecule has 21 heavy (non-hydrogen) atoms. The van der Waals surface area contributed by atoms with Crippen molar-refractivity contribution >= 4 is 10.1 Å². The molecule has 0 aliphatic rings. The van der Waals surface area contributed by atoms with Gasteiger partial charge in [-0.25, -0.2) is 12.8 Å². The molecule has 0 radical (unpaired) electrons. The number of hydrogen-bond donors (Lipinski definition) is 0. The quantitative estimate of drug-likeness (QED) is 0.258. The van der Waals surface area contributed by atoms with E-state index in [4.69, 9.17) is 0 Å². The maximum Gasteiger partial charge on any atom is 1.00 e. The molecule has 0 N–H and O–H groups in total. The zero-order valence-corrected chi connectivity index (χ0v) is 12.9. The van der Waals surface area contributed by atoms with Crippen molar-refractivity contribution in [1.29, 1.82) is 0 Å². The summed E-state index contributed by atoms with van der Waals surface area (Å²) in [6.45, 7) is 1.96. The van der Waals surface area contributed by atoms with Crippen LogP contribution in [0.5, 0.6) is 0 Å². The van der Waals surface area contributed by atoms with E-state index in [9.17, 15) is 34.9 Å². The molecule has 3 nitrogen and oxygen atoms in total. The van der Waals surface area contributed by atoms with Gasteiger partial charge in [-0.05, 0) is 6.42 Å². The molecular formula is C11H18F5LiO3S. The summed E-state index contributed by atoms with van der Waals surface area (Å²) in [5.74, 6) is -5.52. The summed E-state index contributed by atoms with van der Waals surface area (Å²) in [5.41, 5.74) is 0. The van der Waals surface area contributed by atoms with Crippen LogP contribution in [0.4, 0.5) is 22.0 Å². The summed E-state index contributed by atoms with van der Waals surface area (Å²) in [5, 5.41) is -5.94. The Hall–Kier alpha value is 0.157. The molecule has 0 saturated heterocycles. The second kappa shape index (κ2) is 9.33. The van der Waals surface area contributed by atoms with E-state index >= 15 is 0 Å². The largest absolute Gasteiger partial charge is 1.00 e. The smallest absolute Gasteiger partial charge is 0.743 e.